The Morgan fingerprint density at radius 1 is 1.04 bits per heavy atom. The molecule has 23 heavy (non-hydrogen) atoms. The molecule has 0 radical (unpaired) electrons. The van der Waals surface area contributed by atoms with Crippen molar-refractivity contribution in [1.29, 1.82) is 0 Å². The van der Waals surface area contributed by atoms with Crippen LogP contribution < -0.4 is 10.5 Å². The van der Waals surface area contributed by atoms with Crippen molar-refractivity contribution in [2.24, 2.45) is 10.9 Å². The first kappa shape index (κ1) is 16.5. The number of nitrogens with two attached hydrogens (primary N) is 1. The molecule has 0 amide bonds. The van der Waals surface area contributed by atoms with E-state index in [2.05, 4.69) is 5.16 Å². The minimum atomic E-state index is -0.611. The number of hydrogen-bond donors (Lipinski definition) is 1. The van der Waals surface area contributed by atoms with Gasteiger partial charge in [-0.2, -0.15) is 0 Å². The molecule has 2 rings (SSSR count). The number of aryl methyl sites for hydroxylation is 3. The highest BCUT2D eigenvalue weighted by Crippen LogP contribution is 2.16. The molecule has 2 N–H and O–H groups in total. The fourth-order valence-electron chi connectivity index (χ4n) is 2.14. The van der Waals surface area contributed by atoms with Gasteiger partial charge in [0, 0.05) is 5.56 Å². The van der Waals surface area contributed by atoms with E-state index in [1.807, 2.05) is 57.2 Å². The van der Waals surface area contributed by atoms with E-state index in [0.717, 1.165) is 16.7 Å². The summed E-state index contributed by atoms with van der Waals surface area (Å²) in [4.78, 5) is 16.5. The number of nitrogens with zero attached hydrogens (tertiary/aromatic N) is 1. The van der Waals surface area contributed by atoms with Gasteiger partial charge in [0.2, 0.25) is 0 Å². The third-order valence-electron chi connectivity index (χ3n) is 3.11. The van der Waals surface area contributed by atoms with Gasteiger partial charge in [0.05, 0.1) is 0 Å². The summed E-state index contributed by atoms with van der Waals surface area (Å²) >= 11 is 0. The second-order valence-electron chi connectivity index (χ2n) is 5.42. The van der Waals surface area contributed by atoms with Gasteiger partial charge in [-0.1, -0.05) is 35.0 Å². The van der Waals surface area contributed by atoms with Crippen LogP contribution in [0.2, 0.25) is 0 Å². The molecule has 0 aromatic heterocycles. The Balaban J connectivity index is 1.90. The van der Waals surface area contributed by atoms with Crippen molar-refractivity contribution in [2.75, 3.05) is 6.61 Å². The van der Waals surface area contributed by atoms with Crippen LogP contribution in [0.4, 0.5) is 0 Å². The third kappa shape index (κ3) is 5.14. The second kappa shape index (κ2) is 7.45. The monoisotopic (exact) mass is 312 g/mol. The summed E-state index contributed by atoms with van der Waals surface area (Å²) < 4.78 is 5.40. The Kier molecular flexibility index (Phi) is 5.36. The standard InChI is InChI=1S/C18H20N2O3/c1-12-5-4-6-15(8-12)18(19)20-23-17(21)11-22-16-9-13(2)7-14(3)10-16/h4-10H,11H2,1-3H3,(H2,19,20). The van der Waals surface area contributed by atoms with Gasteiger partial charge in [-0.05, 0) is 50.1 Å². The smallest absolute Gasteiger partial charge is 0.372 e. The Bertz CT molecular complexity index is 719. The molecule has 0 fully saturated rings. The lowest BCUT2D eigenvalue weighted by Crippen LogP contribution is -2.18. The van der Waals surface area contributed by atoms with Crippen molar-refractivity contribution in [3.63, 3.8) is 0 Å². The highest BCUT2D eigenvalue weighted by atomic mass is 16.7. The number of amidine groups is 1. The molecule has 0 aliphatic carbocycles. The van der Waals surface area contributed by atoms with Gasteiger partial charge in [-0.25, -0.2) is 4.79 Å². The third-order valence-corrected chi connectivity index (χ3v) is 3.11. The SMILES string of the molecule is Cc1cc(C)cc(OCC(=O)ON=C(N)c2cccc(C)c2)c1. The highest BCUT2D eigenvalue weighted by Gasteiger charge is 2.06. The molecule has 0 saturated carbocycles. The average Bonchev–Trinajstić information content (AvgIpc) is 2.49. The first-order valence-electron chi connectivity index (χ1n) is 7.25. The molecule has 0 atom stereocenters. The van der Waals surface area contributed by atoms with Crippen LogP contribution in [0.15, 0.2) is 47.6 Å². The molecular formula is C18H20N2O3. The van der Waals surface area contributed by atoms with E-state index in [0.29, 0.717) is 11.3 Å². The predicted octanol–water partition coefficient (Wildman–Crippen LogP) is 2.85. The molecule has 2 aromatic carbocycles. The fraction of sp³-hybridized carbons (Fsp3) is 0.222. The molecule has 120 valence electrons. The van der Waals surface area contributed by atoms with Gasteiger partial charge in [0.15, 0.2) is 12.4 Å². The van der Waals surface area contributed by atoms with Crippen LogP contribution in [0.5, 0.6) is 5.75 Å². The van der Waals surface area contributed by atoms with Crippen molar-refractivity contribution >= 4 is 11.8 Å². The average molecular weight is 312 g/mol. The van der Waals surface area contributed by atoms with Gasteiger partial charge in [-0.3, -0.25) is 0 Å². The normalized spacial score (nSPS) is 11.2. The van der Waals surface area contributed by atoms with Crippen molar-refractivity contribution < 1.29 is 14.4 Å². The van der Waals surface area contributed by atoms with Gasteiger partial charge >= 0.3 is 5.97 Å². The molecular weight excluding hydrogens is 292 g/mol. The van der Waals surface area contributed by atoms with Crippen molar-refractivity contribution in [1.82, 2.24) is 0 Å². The second-order valence-corrected chi connectivity index (χ2v) is 5.42. The maximum absolute atomic E-state index is 11.7. The predicted molar refractivity (Wildman–Crippen MR) is 89.4 cm³/mol. The lowest BCUT2D eigenvalue weighted by molar-refractivity contribution is -0.146. The summed E-state index contributed by atoms with van der Waals surface area (Å²) in [6, 6.07) is 13.2. The number of rotatable bonds is 5. The zero-order chi connectivity index (χ0) is 16.8. The van der Waals surface area contributed by atoms with E-state index in [1.165, 1.54) is 0 Å². The number of benzene rings is 2. The molecule has 2 aromatic rings. The molecule has 0 unspecified atom stereocenters. The van der Waals surface area contributed by atoms with E-state index in [-0.39, 0.29) is 12.4 Å². The highest BCUT2D eigenvalue weighted by molar-refractivity contribution is 5.97. The Morgan fingerprint density at radius 2 is 1.74 bits per heavy atom. The largest absolute Gasteiger partial charge is 0.482 e. The Hall–Kier alpha value is -2.82. The fourth-order valence-corrected chi connectivity index (χ4v) is 2.14. The number of carbonyl (C=O) groups excluding carboxylic acids is 1. The molecule has 0 spiro atoms. The Morgan fingerprint density at radius 3 is 2.39 bits per heavy atom. The van der Waals surface area contributed by atoms with Gasteiger partial charge < -0.3 is 15.3 Å². The Labute approximate surface area is 135 Å². The van der Waals surface area contributed by atoms with E-state index < -0.39 is 5.97 Å². The zero-order valence-electron chi connectivity index (χ0n) is 13.5. The lowest BCUT2D eigenvalue weighted by Gasteiger charge is -2.07. The van der Waals surface area contributed by atoms with Crippen LogP contribution in [-0.2, 0) is 9.63 Å². The van der Waals surface area contributed by atoms with Gasteiger partial charge in [0.1, 0.15) is 5.75 Å². The number of oxime groups is 1. The van der Waals surface area contributed by atoms with Crippen molar-refractivity contribution in [3.8, 4) is 5.75 Å². The quantitative estimate of drug-likeness (QED) is 0.399. The van der Waals surface area contributed by atoms with Crippen LogP contribution in [0.25, 0.3) is 0 Å². The van der Waals surface area contributed by atoms with E-state index in [9.17, 15) is 4.79 Å². The van der Waals surface area contributed by atoms with Crippen LogP contribution in [0.3, 0.4) is 0 Å². The van der Waals surface area contributed by atoms with E-state index >= 15 is 0 Å². The van der Waals surface area contributed by atoms with Crippen LogP contribution in [-0.4, -0.2) is 18.4 Å². The van der Waals surface area contributed by atoms with Crippen molar-refractivity contribution in [3.05, 3.63) is 64.7 Å². The van der Waals surface area contributed by atoms with E-state index in [1.54, 1.807) is 6.07 Å². The van der Waals surface area contributed by atoms with Crippen LogP contribution >= 0.6 is 0 Å². The lowest BCUT2D eigenvalue weighted by atomic mass is 10.1. The topological polar surface area (TPSA) is 73.9 Å². The summed E-state index contributed by atoms with van der Waals surface area (Å²) in [5.41, 5.74) is 9.67. The van der Waals surface area contributed by atoms with Crippen molar-refractivity contribution in [2.45, 2.75) is 20.8 Å². The maximum atomic E-state index is 11.7. The first-order chi connectivity index (χ1) is 10.9. The summed E-state index contributed by atoms with van der Waals surface area (Å²) in [5.74, 6) is 0.156. The molecule has 5 nitrogen and oxygen atoms in total. The molecule has 0 saturated heterocycles. The summed E-state index contributed by atoms with van der Waals surface area (Å²) in [5, 5.41) is 3.65. The minimum absolute atomic E-state index is 0.147. The first-order valence-corrected chi connectivity index (χ1v) is 7.25. The van der Waals surface area contributed by atoms with E-state index in [4.69, 9.17) is 15.3 Å². The summed E-state index contributed by atoms with van der Waals surface area (Å²) in [6.07, 6.45) is 0. The molecule has 0 heterocycles. The zero-order valence-corrected chi connectivity index (χ0v) is 13.5. The number of hydrogen-bond acceptors (Lipinski definition) is 4. The molecule has 5 heteroatoms. The summed E-state index contributed by atoms with van der Waals surface area (Å²) in [7, 11) is 0. The maximum Gasteiger partial charge on any atom is 0.372 e. The molecule has 0 bridgehead atoms. The summed E-state index contributed by atoms with van der Waals surface area (Å²) in [6.45, 7) is 5.64. The van der Waals surface area contributed by atoms with Gasteiger partial charge in [0.25, 0.3) is 0 Å². The number of carbonyl (C=O) groups is 1. The van der Waals surface area contributed by atoms with Crippen LogP contribution in [0.1, 0.15) is 22.3 Å². The van der Waals surface area contributed by atoms with Gasteiger partial charge in [-0.15, -0.1) is 0 Å². The molecule has 0 aliphatic rings. The van der Waals surface area contributed by atoms with Crippen LogP contribution in [0, 0.1) is 20.8 Å². The molecule has 0 aliphatic heterocycles. The number of ether oxygens (including phenoxy) is 1. The minimum Gasteiger partial charge on any atom is -0.482 e.